The van der Waals surface area contributed by atoms with Crippen LogP contribution in [-0.4, -0.2) is 47.9 Å². The van der Waals surface area contributed by atoms with Gasteiger partial charge in [-0.1, -0.05) is 6.07 Å². The van der Waals surface area contributed by atoms with E-state index in [2.05, 4.69) is 15.5 Å². The fourth-order valence-corrected chi connectivity index (χ4v) is 5.92. The largest absolute Gasteiger partial charge is 0.373 e. The summed E-state index contributed by atoms with van der Waals surface area (Å²) in [5, 5.41) is 5.91. The molecule has 0 saturated carbocycles. The van der Waals surface area contributed by atoms with Gasteiger partial charge in [0.15, 0.2) is 0 Å². The molecule has 1 atom stereocenters. The van der Waals surface area contributed by atoms with Gasteiger partial charge in [0, 0.05) is 61.1 Å². The maximum absolute atomic E-state index is 14.5. The van der Waals surface area contributed by atoms with Crippen LogP contribution in [0.4, 0.5) is 25.8 Å². The molecule has 3 heterocycles. The highest BCUT2D eigenvalue weighted by molar-refractivity contribution is 5.98. The lowest BCUT2D eigenvalue weighted by Crippen LogP contribution is -2.53. The first kappa shape index (κ1) is 22.6. The van der Waals surface area contributed by atoms with Crippen molar-refractivity contribution >= 4 is 28.9 Å². The number of aryl methyl sites for hydroxylation is 1. The molecular formula is C26H30F2N4O2. The van der Waals surface area contributed by atoms with Gasteiger partial charge in [-0.2, -0.15) is 0 Å². The molecule has 3 aliphatic heterocycles. The summed E-state index contributed by atoms with van der Waals surface area (Å²) in [6, 6.07) is 7.04. The van der Waals surface area contributed by atoms with Crippen molar-refractivity contribution in [2.24, 2.45) is 0 Å². The molecule has 6 nitrogen and oxygen atoms in total. The molecule has 2 saturated heterocycles. The summed E-state index contributed by atoms with van der Waals surface area (Å²) in [4.78, 5) is 29.1. The lowest BCUT2D eigenvalue weighted by Gasteiger charge is -2.45. The maximum Gasteiger partial charge on any atom is 0.247 e. The second-order valence-electron chi connectivity index (χ2n) is 9.79. The van der Waals surface area contributed by atoms with Gasteiger partial charge in [-0.05, 0) is 62.4 Å². The summed E-state index contributed by atoms with van der Waals surface area (Å²) >= 11 is 0. The van der Waals surface area contributed by atoms with Gasteiger partial charge in [0.05, 0.1) is 0 Å². The van der Waals surface area contributed by atoms with Crippen LogP contribution < -0.4 is 15.5 Å². The molecule has 3 aliphatic rings. The third kappa shape index (κ3) is 3.99. The van der Waals surface area contributed by atoms with Gasteiger partial charge in [-0.3, -0.25) is 9.59 Å². The highest BCUT2D eigenvalue weighted by atomic mass is 19.1. The SMILES string of the molecule is CC(=O)N1CCCC12CCN(c1cc(F)cc(NC(=O)C3Cc4c(F)ccc(C)c4N3)c1)CC2. The zero-order chi connectivity index (χ0) is 24.0. The molecule has 2 fully saturated rings. The van der Waals surface area contributed by atoms with E-state index in [9.17, 15) is 18.4 Å². The van der Waals surface area contributed by atoms with Crippen LogP contribution in [0.3, 0.4) is 0 Å². The molecule has 2 amide bonds. The topological polar surface area (TPSA) is 64.7 Å². The summed E-state index contributed by atoms with van der Waals surface area (Å²) in [6.07, 6.45) is 3.98. The van der Waals surface area contributed by atoms with Crippen LogP contribution in [0.15, 0.2) is 30.3 Å². The minimum atomic E-state index is -0.618. The summed E-state index contributed by atoms with van der Waals surface area (Å²) in [6.45, 7) is 5.76. The lowest BCUT2D eigenvalue weighted by atomic mass is 9.84. The first-order valence-corrected chi connectivity index (χ1v) is 11.9. The second-order valence-corrected chi connectivity index (χ2v) is 9.79. The van der Waals surface area contributed by atoms with Gasteiger partial charge in [0.2, 0.25) is 11.8 Å². The van der Waals surface area contributed by atoms with E-state index in [1.54, 1.807) is 19.1 Å². The number of fused-ring (bicyclic) bond motifs is 1. The normalized spacial score (nSPS) is 20.9. The molecule has 180 valence electrons. The second kappa shape index (κ2) is 8.56. The van der Waals surface area contributed by atoms with Crippen LogP contribution in [0.2, 0.25) is 0 Å². The van der Waals surface area contributed by atoms with E-state index in [1.807, 2.05) is 11.8 Å². The Hall–Kier alpha value is -3.16. The first-order valence-electron chi connectivity index (χ1n) is 11.9. The molecule has 0 radical (unpaired) electrons. The minimum absolute atomic E-state index is 0.0801. The Morgan fingerprint density at radius 1 is 1.09 bits per heavy atom. The smallest absolute Gasteiger partial charge is 0.247 e. The van der Waals surface area contributed by atoms with Gasteiger partial charge in [0.25, 0.3) is 0 Å². The van der Waals surface area contributed by atoms with Gasteiger partial charge in [-0.25, -0.2) is 8.78 Å². The molecule has 2 N–H and O–H groups in total. The average molecular weight is 469 g/mol. The van der Waals surface area contributed by atoms with Crippen molar-refractivity contribution < 1.29 is 18.4 Å². The van der Waals surface area contributed by atoms with Crippen molar-refractivity contribution in [2.45, 2.75) is 57.5 Å². The van der Waals surface area contributed by atoms with Gasteiger partial charge < -0.3 is 20.4 Å². The van der Waals surface area contributed by atoms with E-state index in [0.717, 1.165) is 50.9 Å². The molecule has 0 aromatic heterocycles. The number of carbonyl (C=O) groups is 2. The number of carbonyl (C=O) groups excluding carboxylic acids is 2. The Labute approximate surface area is 198 Å². The predicted octanol–water partition coefficient (Wildman–Crippen LogP) is 4.23. The Morgan fingerprint density at radius 2 is 1.85 bits per heavy atom. The number of piperidine rings is 1. The van der Waals surface area contributed by atoms with Crippen molar-refractivity contribution in [3.8, 4) is 0 Å². The molecule has 34 heavy (non-hydrogen) atoms. The van der Waals surface area contributed by atoms with Crippen LogP contribution in [-0.2, 0) is 16.0 Å². The minimum Gasteiger partial charge on any atom is -0.373 e. The highest BCUT2D eigenvalue weighted by Crippen LogP contribution is 2.40. The molecular weight excluding hydrogens is 438 g/mol. The lowest BCUT2D eigenvalue weighted by molar-refractivity contribution is -0.133. The number of halogens is 2. The number of hydrogen-bond donors (Lipinski definition) is 2. The number of likely N-dealkylation sites (tertiary alicyclic amines) is 1. The summed E-state index contributed by atoms with van der Waals surface area (Å²) in [7, 11) is 0. The van der Waals surface area contributed by atoms with Crippen LogP contribution in [0.5, 0.6) is 0 Å². The van der Waals surface area contributed by atoms with Crippen molar-refractivity contribution in [2.75, 3.05) is 35.2 Å². The fourth-order valence-electron chi connectivity index (χ4n) is 5.92. The van der Waals surface area contributed by atoms with Crippen molar-refractivity contribution in [1.29, 1.82) is 0 Å². The number of nitrogens with one attached hydrogen (secondary N) is 2. The molecule has 0 aliphatic carbocycles. The number of amides is 2. The summed E-state index contributed by atoms with van der Waals surface area (Å²) < 4.78 is 28.7. The zero-order valence-electron chi connectivity index (χ0n) is 19.6. The van der Waals surface area contributed by atoms with Crippen LogP contribution in [0.1, 0.15) is 43.7 Å². The number of hydrogen-bond acceptors (Lipinski definition) is 4. The molecule has 8 heteroatoms. The van der Waals surface area contributed by atoms with Crippen LogP contribution in [0, 0.1) is 18.6 Å². The number of benzene rings is 2. The molecule has 2 aromatic carbocycles. The average Bonchev–Trinajstić information content (AvgIpc) is 3.42. The van der Waals surface area contributed by atoms with E-state index in [1.165, 1.54) is 18.2 Å². The monoisotopic (exact) mass is 468 g/mol. The Morgan fingerprint density at radius 3 is 2.56 bits per heavy atom. The third-order valence-corrected chi connectivity index (χ3v) is 7.69. The van der Waals surface area contributed by atoms with Crippen LogP contribution in [0.25, 0.3) is 0 Å². The van der Waals surface area contributed by atoms with E-state index in [4.69, 9.17) is 0 Å². The highest BCUT2D eigenvalue weighted by Gasteiger charge is 2.44. The quantitative estimate of drug-likeness (QED) is 0.708. The van der Waals surface area contributed by atoms with E-state index < -0.39 is 11.9 Å². The fraction of sp³-hybridized carbons (Fsp3) is 0.462. The standard InChI is InChI=1S/C26H30F2N4O2/c1-16-4-5-22(28)21-15-23(30-24(16)21)25(34)29-19-12-18(27)13-20(14-19)31-10-7-26(8-11-31)6-3-9-32(26)17(2)33/h4-5,12-14,23,30H,3,6-11,15H2,1-2H3,(H,29,34). The van der Waals surface area contributed by atoms with Gasteiger partial charge in [0.1, 0.15) is 17.7 Å². The van der Waals surface area contributed by atoms with Crippen LogP contribution >= 0.6 is 0 Å². The summed E-state index contributed by atoms with van der Waals surface area (Å²) in [5.74, 6) is -0.958. The molecule has 0 bridgehead atoms. The summed E-state index contributed by atoms with van der Waals surface area (Å²) in [5.41, 5.74) is 3.06. The van der Waals surface area contributed by atoms with Gasteiger partial charge >= 0.3 is 0 Å². The van der Waals surface area contributed by atoms with E-state index in [-0.39, 0.29) is 29.6 Å². The van der Waals surface area contributed by atoms with Gasteiger partial charge in [-0.15, -0.1) is 0 Å². The Kier molecular flexibility index (Phi) is 5.70. The molecule has 5 rings (SSSR count). The Balaban J connectivity index is 1.27. The number of anilines is 3. The molecule has 1 spiro atoms. The molecule has 1 unspecified atom stereocenters. The third-order valence-electron chi connectivity index (χ3n) is 7.69. The maximum atomic E-state index is 14.5. The van der Waals surface area contributed by atoms with Crippen molar-refractivity contribution in [1.82, 2.24) is 4.90 Å². The predicted molar refractivity (Wildman–Crippen MR) is 128 cm³/mol. The zero-order valence-corrected chi connectivity index (χ0v) is 19.6. The number of rotatable bonds is 3. The number of nitrogens with zero attached hydrogens (tertiary/aromatic N) is 2. The Bertz CT molecular complexity index is 1110. The molecule has 2 aromatic rings. The first-order chi connectivity index (χ1) is 16.3. The van der Waals surface area contributed by atoms with E-state index in [0.29, 0.717) is 22.6 Å². The van der Waals surface area contributed by atoms with Crippen molar-refractivity contribution in [3.05, 3.63) is 53.1 Å². The van der Waals surface area contributed by atoms with E-state index >= 15 is 0 Å². The van der Waals surface area contributed by atoms with Crippen molar-refractivity contribution in [3.63, 3.8) is 0 Å².